The molecule has 2 aliphatic rings. The minimum atomic E-state index is -3.55. The van der Waals surface area contributed by atoms with E-state index in [2.05, 4.69) is 5.32 Å². The van der Waals surface area contributed by atoms with Crippen molar-refractivity contribution in [3.63, 3.8) is 0 Å². The van der Waals surface area contributed by atoms with Crippen LogP contribution in [-0.4, -0.2) is 62.4 Å². The zero-order chi connectivity index (χ0) is 22.2. The lowest BCUT2D eigenvalue weighted by atomic mass is 9.92. The van der Waals surface area contributed by atoms with E-state index in [1.165, 1.54) is 9.21 Å². The monoisotopic (exact) mass is 443 g/mol. The first kappa shape index (κ1) is 21.5. The molecule has 8 nitrogen and oxygen atoms in total. The summed E-state index contributed by atoms with van der Waals surface area (Å²) >= 11 is 0. The van der Waals surface area contributed by atoms with Gasteiger partial charge >= 0.3 is 6.03 Å². The fraction of sp³-hybridized carbons (Fsp3) is 0.364. The summed E-state index contributed by atoms with van der Waals surface area (Å²) in [4.78, 5) is 28.2. The third-order valence-corrected chi connectivity index (χ3v) is 8.01. The lowest BCUT2D eigenvalue weighted by Gasteiger charge is -2.33. The molecular weight excluding hydrogens is 416 g/mol. The van der Waals surface area contributed by atoms with E-state index in [0.29, 0.717) is 26.2 Å². The number of piperazine rings is 1. The number of quaternary nitrogens is 1. The Kier molecular flexibility index (Phi) is 5.59. The van der Waals surface area contributed by atoms with Gasteiger partial charge in [0.05, 0.1) is 31.1 Å². The molecule has 0 unspecified atom stereocenters. The lowest BCUT2D eigenvalue weighted by Crippen LogP contribution is -3.16. The van der Waals surface area contributed by atoms with Gasteiger partial charge in [-0.15, -0.1) is 0 Å². The molecule has 2 aliphatic heterocycles. The number of aryl methyl sites for hydroxylation is 1. The molecule has 9 heteroatoms. The zero-order valence-corrected chi connectivity index (χ0v) is 18.5. The highest BCUT2D eigenvalue weighted by atomic mass is 32.2. The van der Waals surface area contributed by atoms with Crippen LogP contribution in [0.5, 0.6) is 0 Å². The van der Waals surface area contributed by atoms with Crippen LogP contribution in [0, 0.1) is 6.92 Å². The Morgan fingerprint density at radius 2 is 1.61 bits per heavy atom. The Balaban J connectivity index is 1.40. The molecule has 0 aromatic heterocycles. The van der Waals surface area contributed by atoms with E-state index in [0.717, 1.165) is 16.0 Å². The summed E-state index contributed by atoms with van der Waals surface area (Å²) in [7, 11) is -3.55. The van der Waals surface area contributed by atoms with E-state index in [-0.39, 0.29) is 17.5 Å². The van der Waals surface area contributed by atoms with Gasteiger partial charge in [-0.25, -0.2) is 18.1 Å². The quantitative estimate of drug-likeness (QED) is 0.651. The minimum absolute atomic E-state index is 0.214. The number of carbonyl (C=O) groups excluding carboxylic acids is 2. The van der Waals surface area contributed by atoms with E-state index < -0.39 is 21.6 Å². The van der Waals surface area contributed by atoms with E-state index in [4.69, 9.17) is 0 Å². The molecule has 2 saturated heterocycles. The van der Waals surface area contributed by atoms with Crippen molar-refractivity contribution in [2.45, 2.75) is 24.3 Å². The maximum absolute atomic E-state index is 13.1. The molecule has 3 amide bonds. The van der Waals surface area contributed by atoms with Gasteiger partial charge in [-0.1, -0.05) is 48.0 Å². The van der Waals surface area contributed by atoms with Crippen LogP contribution < -0.4 is 10.2 Å². The summed E-state index contributed by atoms with van der Waals surface area (Å²) in [5.74, 6) is -0.286. The number of sulfonamides is 1. The molecular formula is C22H27N4O4S+. The van der Waals surface area contributed by atoms with Gasteiger partial charge in [0, 0.05) is 0 Å². The van der Waals surface area contributed by atoms with Crippen molar-refractivity contribution in [2.24, 2.45) is 0 Å². The SMILES string of the molecule is Cc1ccc(S(=O)(=O)N2CC[NH+](CN3C(=O)N[C@](C)(c4ccccc4)C3=O)CC2)cc1. The number of hydrogen-bond acceptors (Lipinski definition) is 4. The van der Waals surface area contributed by atoms with Crippen LogP contribution in [0.4, 0.5) is 4.79 Å². The summed E-state index contributed by atoms with van der Waals surface area (Å²) in [6.45, 7) is 5.55. The number of urea groups is 1. The first-order valence-corrected chi connectivity index (χ1v) is 11.8. The van der Waals surface area contributed by atoms with Gasteiger partial charge in [0.2, 0.25) is 10.0 Å². The number of benzene rings is 2. The molecule has 31 heavy (non-hydrogen) atoms. The first-order valence-electron chi connectivity index (χ1n) is 10.3. The van der Waals surface area contributed by atoms with Gasteiger partial charge in [0.1, 0.15) is 5.54 Å². The number of hydrogen-bond donors (Lipinski definition) is 2. The molecule has 0 spiro atoms. The molecule has 2 N–H and O–H groups in total. The third kappa shape index (κ3) is 3.96. The van der Waals surface area contributed by atoms with Crippen LogP contribution in [0.2, 0.25) is 0 Å². The number of nitrogens with zero attached hydrogens (tertiary/aromatic N) is 2. The molecule has 4 rings (SSSR count). The second kappa shape index (κ2) is 8.07. The number of imide groups is 1. The van der Waals surface area contributed by atoms with Gasteiger partial charge in [-0.3, -0.25) is 4.79 Å². The largest absolute Gasteiger partial charge is 0.329 e. The van der Waals surface area contributed by atoms with Crippen LogP contribution in [0.25, 0.3) is 0 Å². The molecule has 2 fully saturated rings. The van der Waals surface area contributed by atoms with Crippen LogP contribution >= 0.6 is 0 Å². The maximum atomic E-state index is 13.1. The number of amides is 3. The fourth-order valence-corrected chi connectivity index (χ4v) is 5.53. The van der Waals surface area contributed by atoms with Crippen LogP contribution in [0.3, 0.4) is 0 Å². The Bertz CT molecular complexity index is 1080. The van der Waals surface area contributed by atoms with Crippen molar-refractivity contribution < 1.29 is 22.9 Å². The van der Waals surface area contributed by atoms with Gasteiger partial charge < -0.3 is 10.2 Å². The van der Waals surface area contributed by atoms with E-state index >= 15 is 0 Å². The highest BCUT2D eigenvalue weighted by Crippen LogP contribution is 2.28. The van der Waals surface area contributed by atoms with Crippen molar-refractivity contribution in [1.82, 2.24) is 14.5 Å². The average Bonchev–Trinajstić information content (AvgIpc) is 2.99. The van der Waals surface area contributed by atoms with E-state index in [1.54, 1.807) is 31.2 Å². The third-order valence-electron chi connectivity index (χ3n) is 6.10. The Labute approximate surface area is 182 Å². The van der Waals surface area contributed by atoms with Gasteiger partial charge in [0.25, 0.3) is 5.91 Å². The summed E-state index contributed by atoms with van der Waals surface area (Å²) in [6, 6.07) is 15.6. The summed E-state index contributed by atoms with van der Waals surface area (Å²) in [5.41, 5.74) is 0.651. The van der Waals surface area contributed by atoms with Crippen LogP contribution in [0.15, 0.2) is 59.5 Å². The minimum Gasteiger partial charge on any atom is -0.319 e. The normalized spacial score (nSPS) is 23.2. The number of nitrogens with one attached hydrogen (secondary N) is 2. The Hall–Kier alpha value is -2.75. The van der Waals surface area contributed by atoms with Crippen molar-refractivity contribution in [3.8, 4) is 0 Å². The van der Waals surface area contributed by atoms with Gasteiger partial charge in [0.15, 0.2) is 6.67 Å². The van der Waals surface area contributed by atoms with Gasteiger partial charge in [-0.2, -0.15) is 4.31 Å². The van der Waals surface area contributed by atoms with Crippen molar-refractivity contribution in [3.05, 3.63) is 65.7 Å². The molecule has 2 heterocycles. The second-order valence-electron chi connectivity index (χ2n) is 8.28. The predicted molar refractivity (Wildman–Crippen MR) is 115 cm³/mol. The highest BCUT2D eigenvalue weighted by Gasteiger charge is 2.50. The molecule has 0 aliphatic carbocycles. The first-order chi connectivity index (χ1) is 14.7. The fourth-order valence-electron chi connectivity index (χ4n) is 4.09. The highest BCUT2D eigenvalue weighted by molar-refractivity contribution is 7.89. The number of rotatable bonds is 5. The van der Waals surface area contributed by atoms with Crippen molar-refractivity contribution in [1.29, 1.82) is 0 Å². The second-order valence-corrected chi connectivity index (χ2v) is 10.2. The molecule has 2 aromatic carbocycles. The predicted octanol–water partition coefficient (Wildman–Crippen LogP) is 0.309. The smallest absolute Gasteiger partial charge is 0.319 e. The summed E-state index contributed by atoms with van der Waals surface area (Å²) in [5, 5.41) is 2.81. The van der Waals surface area contributed by atoms with Crippen molar-refractivity contribution in [2.75, 3.05) is 32.8 Å². The Morgan fingerprint density at radius 1 is 1.00 bits per heavy atom. The molecule has 2 aromatic rings. The molecule has 0 bridgehead atoms. The zero-order valence-electron chi connectivity index (χ0n) is 17.7. The maximum Gasteiger partial charge on any atom is 0.329 e. The van der Waals surface area contributed by atoms with Crippen LogP contribution in [0.1, 0.15) is 18.1 Å². The lowest BCUT2D eigenvalue weighted by molar-refractivity contribution is -0.910. The van der Waals surface area contributed by atoms with Gasteiger partial charge in [-0.05, 0) is 31.5 Å². The summed E-state index contributed by atoms with van der Waals surface area (Å²) in [6.07, 6.45) is 0. The molecule has 164 valence electrons. The topological polar surface area (TPSA) is 91.2 Å². The van der Waals surface area contributed by atoms with Crippen LogP contribution in [-0.2, 0) is 20.4 Å². The van der Waals surface area contributed by atoms with E-state index in [9.17, 15) is 18.0 Å². The Morgan fingerprint density at radius 3 is 2.23 bits per heavy atom. The summed E-state index contributed by atoms with van der Waals surface area (Å²) < 4.78 is 27.2. The molecule has 0 saturated carbocycles. The standard InChI is InChI=1S/C22H26N4O4S/c1-17-8-10-19(11-9-17)31(29,30)25-14-12-24(13-15-25)16-26-20(27)22(2,23-21(26)28)18-6-4-3-5-7-18/h3-11H,12-16H2,1-2H3,(H,23,28)/p+1/t22-/m1/s1. The molecule has 1 atom stereocenters. The average molecular weight is 444 g/mol. The van der Waals surface area contributed by atoms with Crippen molar-refractivity contribution >= 4 is 22.0 Å². The molecule has 0 radical (unpaired) electrons. The number of carbonyl (C=O) groups is 2. The van der Waals surface area contributed by atoms with E-state index in [1.807, 2.05) is 37.3 Å².